The van der Waals surface area contributed by atoms with Gasteiger partial charge in [0.25, 0.3) is 0 Å². The lowest BCUT2D eigenvalue weighted by Crippen LogP contribution is -2.16. The van der Waals surface area contributed by atoms with Gasteiger partial charge in [-0.1, -0.05) is 48.5 Å². The molecule has 0 aliphatic carbocycles. The molecule has 3 aromatic rings. The SMILES string of the molecule is CCOc1c(I)cc(/C=N/N(Cc2ccccc2)c2ccccc2)cc1OC. The molecule has 3 aromatic carbocycles. The van der Waals surface area contributed by atoms with Gasteiger partial charge in [-0.3, -0.25) is 5.01 Å². The van der Waals surface area contributed by atoms with Crippen molar-refractivity contribution in [2.24, 2.45) is 5.10 Å². The van der Waals surface area contributed by atoms with Crippen LogP contribution in [-0.4, -0.2) is 19.9 Å². The number of rotatable bonds is 8. The molecule has 0 radical (unpaired) electrons. The Balaban J connectivity index is 1.90. The average Bonchev–Trinajstić information content (AvgIpc) is 2.74. The molecule has 0 saturated carbocycles. The van der Waals surface area contributed by atoms with E-state index in [2.05, 4.69) is 46.9 Å². The van der Waals surface area contributed by atoms with E-state index in [1.54, 1.807) is 7.11 Å². The number of anilines is 1. The summed E-state index contributed by atoms with van der Waals surface area (Å²) >= 11 is 2.27. The zero-order chi connectivity index (χ0) is 19.8. The van der Waals surface area contributed by atoms with Crippen LogP contribution in [0.2, 0.25) is 0 Å². The summed E-state index contributed by atoms with van der Waals surface area (Å²) in [6, 6.07) is 24.5. The van der Waals surface area contributed by atoms with E-state index in [0.717, 1.165) is 20.6 Å². The molecule has 3 rings (SSSR count). The molecule has 0 aromatic heterocycles. The number of nitrogens with zero attached hydrogens (tertiary/aromatic N) is 2. The van der Waals surface area contributed by atoms with Gasteiger partial charge in [0.05, 0.1) is 35.7 Å². The molecule has 0 aliphatic heterocycles. The van der Waals surface area contributed by atoms with Crippen LogP contribution in [0.25, 0.3) is 0 Å². The molecule has 0 spiro atoms. The Kier molecular flexibility index (Phi) is 7.31. The molecule has 0 saturated heterocycles. The van der Waals surface area contributed by atoms with E-state index in [1.807, 2.05) is 66.7 Å². The van der Waals surface area contributed by atoms with Crippen LogP contribution < -0.4 is 14.5 Å². The van der Waals surface area contributed by atoms with Crippen molar-refractivity contribution < 1.29 is 9.47 Å². The van der Waals surface area contributed by atoms with Crippen molar-refractivity contribution in [3.63, 3.8) is 0 Å². The van der Waals surface area contributed by atoms with Crippen molar-refractivity contribution >= 4 is 34.5 Å². The minimum Gasteiger partial charge on any atom is -0.493 e. The van der Waals surface area contributed by atoms with Gasteiger partial charge in [-0.2, -0.15) is 5.10 Å². The maximum Gasteiger partial charge on any atom is 0.174 e. The van der Waals surface area contributed by atoms with Gasteiger partial charge in [0.1, 0.15) is 0 Å². The first-order valence-corrected chi connectivity index (χ1v) is 10.2. The average molecular weight is 486 g/mol. The smallest absolute Gasteiger partial charge is 0.174 e. The Hall–Kier alpha value is -2.54. The van der Waals surface area contributed by atoms with Crippen LogP contribution in [0.15, 0.2) is 77.9 Å². The van der Waals surface area contributed by atoms with Crippen LogP contribution >= 0.6 is 22.6 Å². The molecule has 0 heterocycles. The number of hydrogen-bond donors (Lipinski definition) is 0. The summed E-state index contributed by atoms with van der Waals surface area (Å²) in [6.07, 6.45) is 1.86. The number of para-hydroxylation sites is 1. The highest BCUT2D eigenvalue weighted by atomic mass is 127. The minimum absolute atomic E-state index is 0.596. The van der Waals surface area contributed by atoms with E-state index >= 15 is 0 Å². The minimum atomic E-state index is 0.596. The number of halogens is 1. The summed E-state index contributed by atoms with van der Waals surface area (Å²) in [4.78, 5) is 0. The predicted octanol–water partition coefficient (Wildman–Crippen LogP) is 5.74. The Morgan fingerprint density at radius 2 is 1.68 bits per heavy atom. The second kappa shape index (κ2) is 10.1. The second-order valence-electron chi connectivity index (χ2n) is 6.09. The zero-order valence-electron chi connectivity index (χ0n) is 16.0. The lowest BCUT2D eigenvalue weighted by molar-refractivity contribution is 0.308. The van der Waals surface area contributed by atoms with Gasteiger partial charge >= 0.3 is 0 Å². The molecule has 0 amide bonds. The fraction of sp³-hybridized carbons (Fsp3) is 0.174. The van der Waals surface area contributed by atoms with E-state index in [0.29, 0.717) is 18.9 Å². The van der Waals surface area contributed by atoms with Gasteiger partial charge in [0, 0.05) is 0 Å². The largest absolute Gasteiger partial charge is 0.493 e. The van der Waals surface area contributed by atoms with Crippen LogP contribution in [0.5, 0.6) is 11.5 Å². The van der Waals surface area contributed by atoms with Crippen molar-refractivity contribution in [2.45, 2.75) is 13.5 Å². The first-order chi connectivity index (χ1) is 13.7. The lowest BCUT2D eigenvalue weighted by Gasteiger charge is -2.19. The first-order valence-electron chi connectivity index (χ1n) is 9.12. The monoisotopic (exact) mass is 486 g/mol. The van der Waals surface area contributed by atoms with Gasteiger partial charge in [-0.05, 0) is 64.9 Å². The number of hydrazone groups is 1. The van der Waals surface area contributed by atoms with Crippen molar-refractivity contribution in [3.05, 3.63) is 87.5 Å². The van der Waals surface area contributed by atoms with Crippen molar-refractivity contribution in [1.29, 1.82) is 0 Å². The summed E-state index contributed by atoms with van der Waals surface area (Å²) in [5.41, 5.74) is 3.19. The van der Waals surface area contributed by atoms with Gasteiger partial charge in [-0.25, -0.2) is 0 Å². The summed E-state index contributed by atoms with van der Waals surface area (Å²) < 4.78 is 12.2. The molecule has 0 bridgehead atoms. The lowest BCUT2D eigenvalue weighted by atomic mass is 10.2. The number of hydrogen-bond acceptors (Lipinski definition) is 4. The molecule has 0 N–H and O–H groups in total. The highest BCUT2D eigenvalue weighted by molar-refractivity contribution is 14.1. The number of ether oxygens (including phenoxy) is 2. The van der Waals surface area contributed by atoms with E-state index in [9.17, 15) is 0 Å². The summed E-state index contributed by atoms with van der Waals surface area (Å²) in [6.45, 7) is 3.25. The summed E-state index contributed by atoms with van der Waals surface area (Å²) in [7, 11) is 1.65. The maximum atomic E-state index is 5.70. The Labute approximate surface area is 179 Å². The molecule has 28 heavy (non-hydrogen) atoms. The third-order valence-electron chi connectivity index (χ3n) is 4.12. The van der Waals surface area contributed by atoms with Gasteiger partial charge in [0.15, 0.2) is 11.5 Å². The van der Waals surface area contributed by atoms with Crippen LogP contribution in [0.1, 0.15) is 18.1 Å². The van der Waals surface area contributed by atoms with E-state index < -0.39 is 0 Å². The predicted molar refractivity (Wildman–Crippen MR) is 124 cm³/mol. The Morgan fingerprint density at radius 1 is 1.00 bits per heavy atom. The normalized spacial score (nSPS) is 10.8. The molecule has 0 unspecified atom stereocenters. The fourth-order valence-corrected chi connectivity index (χ4v) is 3.57. The molecule has 0 aliphatic rings. The van der Waals surface area contributed by atoms with Crippen LogP contribution in [0, 0.1) is 3.57 Å². The second-order valence-corrected chi connectivity index (χ2v) is 7.25. The molecule has 0 fully saturated rings. The van der Waals surface area contributed by atoms with Crippen LogP contribution in [-0.2, 0) is 6.54 Å². The van der Waals surface area contributed by atoms with Gasteiger partial charge < -0.3 is 9.47 Å². The van der Waals surface area contributed by atoms with Gasteiger partial charge in [0.2, 0.25) is 0 Å². The quantitative estimate of drug-likeness (QED) is 0.231. The van der Waals surface area contributed by atoms with Crippen molar-refractivity contribution in [1.82, 2.24) is 0 Å². The van der Waals surface area contributed by atoms with E-state index in [4.69, 9.17) is 14.6 Å². The molecule has 4 nitrogen and oxygen atoms in total. The highest BCUT2D eigenvalue weighted by Crippen LogP contribution is 2.33. The number of methoxy groups -OCH3 is 1. The molecule has 144 valence electrons. The topological polar surface area (TPSA) is 34.1 Å². The maximum absolute atomic E-state index is 5.70. The van der Waals surface area contributed by atoms with Crippen LogP contribution in [0.3, 0.4) is 0 Å². The van der Waals surface area contributed by atoms with E-state index in [1.165, 1.54) is 5.56 Å². The number of benzene rings is 3. The molecule has 5 heteroatoms. The molecule has 0 atom stereocenters. The summed E-state index contributed by atoms with van der Waals surface area (Å²) in [5, 5.41) is 6.75. The third kappa shape index (κ3) is 5.25. The first kappa shape index (κ1) is 20.2. The molecular weight excluding hydrogens is 463 g/mol. The standard InChI is InChI=1S/C23H23IN2O2/c1-3-28-23-21(24)14-19(15-22(23)27-2)16-25-26(20-12-8-5-9-13-20)17-18-10-6-4-7-11-18/h4-16H,3,17H2,1-2H3/b25-16+. The molecular formula is C23H23IN2O2. The van der Waals surface area contributed by atoms with Crippen molar-refractivity contribution in [3.8, 4) is 11.5 Å². The third-order valence-corrected chi connectivity index (χ3v) is 4.92. The Bertz CT molecular complexity index is 915. The van der Waals surface area contributed by atoms with Crippen molar-refractivity contribution in [2.75, 3.05) is 18.7 Å². The van der Waals surface area contributed by atoms with Crippen LogP contribution in [0.4, 0.5) is 5.69 Å². The zero-order valence-corrected chi connectivity index (χ0v) is 18.2. The highest BCUT2D eigenvalue weighted by Gasteiger charge is 2.11. The van der Waals surface area contributed by atoms with Gasteiger partial charge in [-0.15, -0.1) is 0 Å². The Morgan fingerprint density at radius 3 is 2.32 bits per heavy atom. The van der Waals surface area contributed by atoms with E-state index in [-0.39, 0.29) is 0 Å². The summed E-state index contributed by atoms with van der Waals surface area (Å²) in [5.74, 6) is 1.48. The fourth-order valence-electron chi connectivity index (χ4n) is 2.79.